The summed E-state index contributed by atoms with van der Waals surface area (Å²) in [5.74, 6) is -2.08. The van der Waals surface area contributed by atoms with Crippen molar-refractivity contribution >= 4 is 63.1 Å². The zero-order valence-corrected chi connectivity index (χ0v) is 45.2. The van der Waals surface area contributed by atoms with Crippen molar-refractivity contribution in [3.63, 3.8) is 0 Å². The van der Waals surface area contributed by atoms with Crippen LogP contribution in [0.5, 0.6) is 0 Å². The lowest BCUT2D eigenvalue weighted by Crippen LogP contribution is -2.47. The first-order chi connectivity index (χ1) is 35.9. The summed E-state index contributed by atoms with van der Waals surface area (Å²) in [6, 6.07) is 5.88. The summed E-state index contributed by atoms with van der Waals surface area (Å²) in [4.78, 5) is 94.6. The summed E-state index contributed by atoms with van der Waals surface area (Å²) >= 11 is 0. The van der Waals surface area contributed by atoms with E-state index in [-0.39, 0.29) is 62.9 Å². The van der Waals surface area contributed by atoms with E-state index in [1.807, 2.05) is 39.0 Å². The molecule has 2 fully saturated rings. The van der Waals surface area contributed by atoms with Gasteiger partial charge in [-0.1, -0.05) is 13.8 Å². The molecule has 2 aromatic heterocycles. The van der Waals surface area contributed by atoms with Crippen molar-refractivity contribution in [3.8, 4) is 0 Å². The molecule has 75 heavy (non-hydrogen) atoms. The maximum atomic E-state index is 15.3. The number of imide groups is 1. The van der Waals surface area contributed by atoms with E-state index in [9.17, 15) is 19.2 Å². The van der Waals surface area contributed by atoms with Crippen molar-refractivity contribution in [1.82, 2.24) is 44.9 Å². The lowest BCUT2D eigenvalue weighted by Gasteiger charge is -2.31. The second-order valence-electron chi connectivity index (χ2n) is 20.9. The molecule has 3 N–H and O–H groups in total. The van der Waals surface area contributed by atoms with Gasteiger partial charge in [0.25, 0.3) is 11.8 Å². The highest BCUT2D eigenvalue weighted by Crippen LogP contribution is 2.45. The summed E-state index contributed by atoms with van der Waals surface area (Å²) < 4.78 is 27.7. The molecule has 0 spiro atoms. The summed E-state index contributed by atoms with van der Waals surface area (Å²) in [5.41, 5.74) is 9.49. The van der Waals surface area contributed by atoms with Crippen LogP contribution in [0.2, 0.25) is 0 Å². The molecule has 8 heterocycles. The molecule has 0 aromatic carbocycles. The van der Waals surface area contributed by atoms with E-state index in [4.69, 9.17) is 33.7 Å². The number of allylic oxidation sites excluding steroid dienone is 5. The average Bonchev–Trinajstić information content (AvgIpc) is 4.08. The quantitative estimate of drug-likeness (QED) is 0.0618. The van der Waals surface area contributed by atoms with Crippen LogP contribution in [0.15, 0.2) is 30.4 Å². The fraction of sp³-hybridized carbons (Fsp3) is 0.554. The van der Waals surface area contributed by atoms with Gasteiger partial charge in [0.2, 0.25) is 5.91 Å². The number of aromatic amines is 2. The SMILES string of the molecule is CCC1=C(C)c2cc3nc(cc4[nH]c(c5c6[nH]c(cc1n2)c(C)c6C(=O)N(CCN1CCOCC1)C5=O)[C@@H](CCC(=O)N(C)CCNC(=O)OC(C)(C)C)[C@@H]4C)C(C)=C3/C=C/C(=O)OCCOCCN1CCOCC1. The topological polar surface area (TPSA) is 214 Å². The van der Waals surface area contributed by atoms with E-state index in [1.165, 1.54) is 11.0 Å². The number of morpholine rings is 2. The highest BCUT2D eigenvalue weighted by atomic mass is 16.6. The third-order valence-electron chi connectivity index (χ3n) is 14.8. The fourth-order valence-electron chi connectivity index (χ4n) is 10.4. The maximum Gasteiger partial charge on any atom is 0.407 e. The van der Waals surface area contributed by atoms with Crippen LogP contribution in [0.3, 0.4) is 0 Å². The Balaban J connectivity index is 1.18. The molecule has 19 heteroatoms. The summed E-state index contributed by atoms with van der Waals surface area (Å²) in [6.45, 7) is 24.0. The van der Waals surface area contributed by atoms with Crippen molar-refractivity contribution < 1.29 is 47.7 Å². The normalized spacial score (nSPS) is 19.0. The van der Waals surface area contributed by atoms with Gasteiger partial charge in [0.1, 0.15) is 12.2 Å². The number of amides is 4. The highest BCUT2D eigenvalue weighted by Gasteiger charge is 2.41. The Bertz CT molecular complexity index is 2820. The maximum absolute atomic E-state index is 15.3. The monoisotopic (exact) mass is 1030 g/mol. The van der Waals surface area contributed by atoms with Gasteiger partial charge in [-0.2, -0.15) is 0 Å². The van der Waals surface area contributed by atoms with E-state index in [1.54, 1.807) is 38.8 Å². The molecular weight excluding hydrogens is 959 g/mol. The standard InChI is InChI=1S/C56H75N9O10/c1-10-38-34(2)42-32-46-39(12-14-48(67)74-30-29-73-28-23-64-21-26-72-27-22-64)35(3)41(59-46)31-43-36(4)40(11-13-47(66)62(9)16-15-57-55(70)75-56(6,7)8)51(60-43)50-52-49(37(5)44(61-52)33-45(38)58-42)53(68)65(54(50)69)18-17-63-19-24-71-25-20-63/h12,14,31-33,36,40,60-61H,10-11,13,15-30H2,1-9H3,(H,57,70)/b14-12+,43-31?,45-33?,46-32?,51-50?/t36-,40-/m0/s1. The van der Waals surface area contributed by atoms with Crippen LogP contribution in [0.1, 0.15) is 140 Å². The predicted molar refractivity (Wildman–Crippen MR) is 285 cm³/mol. The predicted octanol–water partition coefficient (Wildman–Crippen LogP) is 6.64. The van der Waals surface area contributed by atoms with Gasteiger partial charge in [0, 0.05) is 113 Å². The fourth-order valence-corrected chi connectivity index (χ4v) is 10.4. The number of carbonyl (C=O) groups is 5. The van der Waals surface area contributed by atoms with Crippen molar-refractivity contribution in [2.45, 2.75) is 92.1 Å². The van der Waals surface area contributed by atoms with Crippen LogP contribution in [0.25, 0.3) is 33.3 Å². The van der Waals surface area contributed by atoms with Gasteiger partial charge >= 0.3 is 12.1 Å². The minimum absolute atomic E-state index is 0.109. The number of aryl methyl sites for hydroxylation is 1. The molecule has 2 saturated heterocycles. The van der Waals surface area contributed by atoms with E-state index >= 15 is 4.79 Å². The molecule has 2 atom stereocenters. The molecule has 8 bridgehead atoms. The number of ether oxygens (including phenoxy) is 5. The second kappa shape index (κ2) is 24.2. The molecule has 4 amide bonds. The number of likely N-dealkylation sites (N-methyl/N-ethyl adjacent to an activating group) is 1. The molecule has 404 valence electrons. The van der Waals surface area contributed by atoms with Gasteiger partial charge in [0.15, 0.2) is 0 Å². The van der Waals surface area contributed by atoms with E-state index in [0.717, 1.165) is 66.5 Å². The molecular formula is C56H75N9O10. The Morgan fingerprint density at radius 2 is 1.51 bits per heavy atom. The zero-order valence-electron chi connectivity index (χ0n) is 45.2. The van der Waals surface area contributed by atoms with E-state index in [2.05, 4.69) is 38.9 Å². The Morgan fingerprint density at radius 3 is 2.20 bits per heavy atom. The minimum atomic E-state index is -0.659. The van der Waals surface area contributed by atoms with Gasteiger partial charge in [-0.05, 0) is 101 Å². The Labute approximate surface area is 439 Å². The third kappa shape index (κ3) is 12.9. The largest absolute Gasteiger partial charge is 0.460 e. The number of rotatable bonds is 18. The highest BCUT2D eigenvalue weighted by molar-refractivity contribution is 6.23. The molecule has 0 saturated carbocycles. The van der Waals surface area contributed by atoms with Crippen LogP contribution in [-0.2, 0) is 33.3 Å². The van der Waals surface area contributed by atoms with Crippen LogP contribution >= 0.6 is 0 Å². The van der Waals surface area contributed by atoms with Crippen LogP contribution in [0.4, 0.5) is 4.79 Å². The summed E-state index contributed by atoms with van der Waals surface area (Å²) in [7, 11) is 1.70. The van der Waals surface area contributed by atoms with Gasteiger partial charge in [0.05, 0.1) is 79.1 Å². The van der Waals surface area contributed by atoms with E-state index < -0.39 is 23.6 Å². The number of alkyl carbamates (subject to hydrolysis) is 1. The first kappa shape index (κ1) is 55.0. The van der Waals surface area contributed by atoms with Gasteiger partial charge in [-0.3, -0.25) is 29.1 Å². The molecule has 6 aliphatic heterocycles. The lowest BCUT2D eigenvalue weighted by molar-refractivity contribution is -0.139. The number of nitrogens with zero attached hydrogens (tertiary/aromatic N) is 6. The van der Waals surface area contributed by atoms with Crippen molar-refractivity contribution in [3.05, 3.63) is 81.2 Å². The van der Waals surface area contributed by atoms with Crippen molar-refractivity contribution in [2.75, 3.05) is 112 Å². The Hall–Kier alpha value is -6.25. The van der Waals surface area contributed by atoms with Crippen LogP contribution in [0, 0.1) is 6.92 Å². The van der Waals surface area contributed by atoms with E-state index in [0.29, 0.717) is 103 Å². The number of fused-ring (bicyclic) bond motifs is 8. The number of nitrogens with one attached hydrogen (secondary N) is 3. The van der Waals surface area contributed by atoms with Crippen molar-refractivity contribution in [2.24, 2.45) is 0 Å². The number of aromatic nitrogens is 4. The summed E-state index contributed by atoms with van der Waals surface area (Å²) in [5, 5.41) is 2.73. The summed E-state index contributed by atoms with van der Waals surface area (Å²) in [6.07, 6.45) is 3.76. The zero-order chi connectivity index (χ0) is 53.6. The van der Waals surface area contributed by atoms with Crippen molar-refractivity contribution in [1.29, 1.82) is 0 Å². The number of esters is 1. The minimum Gasteiger partial charge on any atom is -0.460 e. The third-order valence-corrected chi connectivity index (χ3v) is 14.8. The first-order valence-corrected chi connectivity index (χ1v) is 26.5. The molecule has 6 aliphatic rings. The number of hydrogen-bond acceptors (Lipinski definition) is 14. The lowest BCUT2D eigenvalue weighted by atomic mass is 9.84. The molecule has 8 rings (SSSR count). The van der Waals surface area contributed by atoms with Gasteiger partial charge in [-0.25, -0.2) is 19.6 Å². The number of hydrogen-bond donors (Lipinski definition) is 3. The van der Waals surface area contributed by atoms with Crippen LogP contribution < -0.4 is 5.32 Å². The Kier molecular flexibility index (Phi) is 17.7. The molecule has 0 unspecified atom stereocenters. The van der Waals surface area contributed by atoms with Gasteiger partial charge < -0.3 is 43.9 Å². The number of H-pyrrole nitrogens is 2. The average molecular weight is 1030 g/mol. The van der Waals surface area contributed by atoms with Crippen LogP contribution in [-0.4, -0.2) is 187 Å². The first-order valence-electron chi connectivity index (χ1n) is 26.5. The Morgan fingerprint density at radius 1 is 0.840 bits per heavy atom. The molecule has 19 nitrogen and oxygen atoms in total. The smallest absolute Gasteiger partial charge is 0.407 e. The van der Waals surface area contributed by atoms with Gasteiger partial charge in [-0.15, -0.1) is 0 Å². The second-order valence-corrected chi connectivity index (χ2v) is 20.9. The number of carbonyl (C=O) groups excluding carboxylic acids is 5. The molecule has 0 radical (unpaired) electrons. The molecule has 0 aliphatic carbocycles. The molecule has 2 aromatic rings.